The number of imidazole rings is 1. The Hall–Kier alpha value is -4.20. The Bertz CT molecular complexity index is 1460. The van der Waals surface area contributed by atoms with Crippen molar-refractivity contribution in [3.05, 3.63) is 72.6 Å². The van der Waals surface area contributed by atoms with E-state index in [2.05, 4.69) is 25.1 Å². The molecule has 32 heavy (non-hydrogen) atoms. The van der Waals surface area contributed by atoms with Gasteiger partial charge in [-0.1, -0.05) is 24.3 Å². The van der Waals surface area contributed by atoms with Crippen molar-refractivity contribution in [3.63, 3.8) is 0 Å². The van der Waals surface area contributed by atoms with Gasteiger partial charge in [0.1, 0.15) is 0 Å². The van der Waals surface area contributed by atoms with Gasteiger partial charge in [0.15, 0.2) is 17.3 Å². The summed E-state index contributed by atoms with van der Waals surface area (Å²) in [7, 11) is 1.87. The van der Waals surface area contributed by atoms with E-state index in [-0.39, 0.29) is 5.91 Å². The number of amides is 1. The Morgan fingerprint density at radius 3 is 2.62 bits per heavy atom. The van der Waals surface area contributed by atoms with Crippen LogP contribution in [-0.2, 0) is 7.05 Å². The van der Waals surface area contributed by atoms with Crippen LogP contribution in [0.15, 0.2) is 67.0 Å². The third kappa shape index (κ3) is 3.26. The summed E-state index contributed by atoms with van der Waals surface area (Å²) in [4.78, 5) is 21.8. The summed E-state index contributed by atoms with van der Waals surface area (Å²) in [5.41, 5.74) is 5.08. The highest BCUT2D eigenvalue weighted by Crippen LogP contribution is 2.30. The fourth-order valence-corrected chi connectivity index (χ4v) is 3.86. The fourth-order valence-electron chi connectivity index (χ4n) is 3.86. The van der Waals surface area contributed by atoms with Crippen LogP contribution in [0.25, 0.3) is 27.9 Å². The lowest BCUT2D eigenvalue weighted by Crippen LogP contribution is -2.25. The molecule has 6 rings (SSSR count). The van der Waals surface area contributed by atoms with Gasteiger partial charge < -0.3 is 10.6 Å². The zero-order valence-corrected chi connectivity index (χ0v) is 17.5. The largest absolute Gasteiger partial charge is 0.349 e. The SMILES string of the molecule is Cn1ccc(Nc2nc3ccccc3n3c(-c4ccc(C(=O)NC5CC5)cc4)cnc23)n1. The van der Waals surface area contributed by atoms with Crippen molar-refractivity contribution in [3.8, 4) is 11.3 Å². The number of fused-ring (bicyclic) bond motifs is 3. The molecule has 0 saturated heterocycles. The van der Waals surface area contributed by atoms with Gasteiger partial charge in [0.25, 0.3) is 5.91 Å². The topological polar surface area (TPSA) is 89.1 Å². The molecule has 0 spiro atoms. The highest BCUT2D eigenvalue weighted by Gasteiger charge is 2.24. The molecule has 1 aliphatic rings. The Kier molecular flexibility index (Phi) is 4.17. The molecule has 8 nitrogen and oxygen atoms in total. The number of carbonyl (C=O) groups is 1. The van der Waals surface area contributed by atoms with Gasteiger partial charge in [0, 0.05) is 36.5 Å². The quantitative estimate of drug-likeness (QED) is 0.447. The van der Waals surface area contributed by atoms with Crippen LogP contribution in [0.3, 0.4) is 0 Å². The third-order valence-corrected chi connectivity index (χ3v) is 5.64. The van der Waals surface area contributed by atoms with E-state index >= 15 is 0 Å². The molecule has 3 heterocycles. The Balaban J connectivity index is 1.45. The first-order valence-corrected chi connectivity index (χ1v) is 10.6. The highest BCUT2D eigenvalue weighted by atomic mass is 16.1. The molecule has 1 aliphatic carbocycles. The molecule has 2 N–H and O–H groups in total. The fraction of sp³-hybridized carbons (Fsp3) is 0.167. The molecule has 2 aromatic carbocycles. The highest BCUT2D eigenvalue weighted by molar-refractivity contribution is 5.95. The number of hydrogen-bond donors (Lipinski definition) is 2. The molecule has 0 radical (unpaired) electrons. The number of benzene rings is 2. The van der Waals surface area contributed by atoms with Crippen molar-refractivity contribution >= 4 is 34.2 Å². The second-order valence-electron chi connectivity index (χ2n) is 8.08. The van der Waals surface area contributed by atoms with E-state index in [4.69, 9.17) is 4.98 Å². The summed E-state index contributed by atoms with van der Waals surface area (Å²) < 4.78 is 3.82. The monoisotopic (exact) mass is 423 g/mol. The number of anilines is 2. The van der Waals surface area contributed by atoms with Crippen LogP contribution in [-0.4, -0.2) is 36.1 Å². The molecule has 1 saturated carbocycles. The zero-order chi connectivity index (χ0) is 21.7. The predicted molar refractivity (Wildman–Crippen MR) is 123 cm³/mol. The van der Waals surface area contributed by atoms with Crippen molar-refractivity contribution in [2.45, 2.75) is 18.9 Å². The lowest BCUT2D eigenvalue weighted by atomic mass is 10.1. The summed E-state index contributed by atoms with van der Waals surface area (Å²) in [5.74, 6) is 1.32. The van der Waals surface area contributed by atoms with Crippen LogP contribution in [0.4, 0.5) is 11.6 Å². The number of carbonyl (C=O) groups excluding carboxylic acids is 1. The van der Waals surface area contributed by atoms with Crippen molar-refractivity contribution < 1.29 is 4.79 Å². The van der Waals surface area contributed by atoms with E-state index in [1.54, 1.807) is 4.68 Å². The number of aryl methyl sites for hydroxylation is 1. The van der Waals surface area contributed by atoms with Gasteiger partial charge in [0.2, 0.25) is 0 Å². The minimum Gasteiger partial charge on any atom is -0.349 e. The first-order valence-electron chi connectivity index (χ1n) is 10.6. The van der Waals surface area contributed by atoms with Gasteiger partial charge in [-0.05, 0) is 37.1 Å². The van der Waals surface area contributed by atoms with Gasteiger partial charge >= 0.3 is 0 Å². The first kappa shape index (κ1) is 18.6. The summed E-state index contributed by atoms with van der Waals surface area (Å²) in [6, 6.07) is 17.9. The normalized spacial score (nSPS) is 13.5. The van der Waals surface area contributed by atoms with Crippen molar-refractivity contribution in [1.82, 2.24) is 29.5 Å². The molecule has 1 fully saturated rings. The number of nitrogens with one attached hydrogen (secondary N) is 2. The summed E-state index contributed by atoms with van der Waals surface area (Å²) in [6.45, 7) is 0. The first-order chi connectivity index (χ1) is 15.7. The maximum absolute atomic E-state index is 12.3. The van der Waals surface area contributed by atoms with Crippen LogP contribution in [0.2, 0.25) is 0 Å². The Morgan fingerprint density at radius 2 is 1.88 bits per heavy atom. The van der Waals surface area contributed by atoms with Crippen LogP contribution >= 0.6 is 0 Å². The molecule has 0 aliphatic heterocycles. The molecule has 0 bridgehead atoms. The molecule has 5 aromatic rings. The standard InChI is InChI=1S/C24H21N7O/c1-30-13-12-21(29-30)28-22-23-25-14-20(31(23)19-5-3-2-4-18(19)27-22)15-6-8-16(9-7-15)24(32)26-17-10-11-17/h2-9,12-14,17H,10-11H2,1H3,(H,26,32)(H,27,28,29). The van der Waals surface area contributed by atoms with Gasteiger partial charge in [0.05, 0.1) is 22.9 Å². The second-order valence-corrected chi connectivity index (χ2v) is 8.08. The number of hydrogen-bond acceptors (Lipinski definition) is 5. The van der Waals surface area contributed by atoms with Gasteiger partial charge in [-0.2, -0.15) is 5.10 Å². The third-order valence-electron chi connectivity index (χ3n) is 5.64. The predicted octanol–water partition coefficient (Wildman–Crippen LogP) is 3.92. The van der Waals surface area contributed by atoms with E-state index < -0.39 is 0 Å². The Morgan fingerprint density at radius 1 is 1.06 bits per heavy atom. The average Bonchev–Trinajstić information content (AvgIpc) is 3.35. The van der Waals surface area contributed by atoms with E-state index in [0.717, 1.165) is 35.1 Å². The average molecular weight is 423 g/mol. The van der Waals surface area contributed by atoms with Crippen LogP contribution < -0.4 is 10.6 Å². The van der Waals surface area contributed by atoms with Crippen LogP contribution in [0, 0.1) is 0 Å². The number of para-hydroxylation sites is 2. The van der Waals surface area contributed by atoms with Crippen LogP contribution in [0.1, 0.15) is 23.2 Å². The molecular weight excluding hydrogens is 402 g/mol. The number of nitrogens with zero attached hydrogens (tertiary/aromatic N) is 5. The molecule has 0 unspecified atom stereocenters. The zero-order valence-electron chi connectivity index (χ0n) is 17.5. The van der Waals surface area contributed by atoms with E-state index in [1.807, 2.05) is 74.0 Å². The summed E-state index contributed by atoms with van der Waals surface area (Å²) >= 11 is 0. The lowest BCUT2D eigenvalue weighted by molar-refractivity contribution is 0.0951. The number of aromatic nitrogens is 5. The van der Waals surface area contributed by atoms with Gasteiger partial charge in [-0.15, -0.1) is 0 Å². The van der Waals surface area contributed by atoms with Crippen LogP contribution in [0.5, 0.6) is 0 Å². The maximum atomic E-state index is 12.3. The van der Waals surface area contributed by atoms with Crippen molar-refractivity contribution in [2.75, 3.05) is 5.32 Å². The van der Waals surface area contributed by atoms with Crippen molar-refractivity contribution in [2.24, 2.45) is 7.05 Å². The van der Waals surface area contributed by atoms with Crippen molar-refractivity contribution in [1.29, 1.82) is 0 Å². The Labute approximate surface area is 183 Å². The van der Waals surface area contributed by atoms with E-state index in [0.29, 0.717) is 28.9 Å². The van der Waals surface area contributed by atoms with E-state index in [1.165, 1.54) is 0 Å². The summed E-state index contributed by atoms with van der Waals surface area (Å²) in [6.07, 6.45) is 5.86. The molecule has 8 heteroatoms. The minimum absolute atomic E-state index is 0.0197. The smallest absolute Gasteiger partial charge is 0.251 e. The molecule has 158 valence electrons. The summed E-state index contributed by atoms with van der Waals surface area (Å²) in [5, 5.41) is 10.7. The van der Waals surface area contributed by atoms with Gasteiger partial charge in [-0.25, -0.2) is 9.97 Å². The molecule has 1 amide bonds. The molecular formula is C24H21N7O. The molecule has 0 atom stereocenters. The lowest BCUT2D eigenvalue weighted by Gasteiger charge is -2.11. The minimum atomic E-state index is -0.0197. The molecule has 3 aromatic heterocycles. The van der Waals surface area contributed by atoms with Gasteiger partial charge in [-0.3, -0.25) is 13.9 Å². The number of rotatable bonds is 5. The second kappa shape index (κ2) is 7.19. The maximum Gasteiger partial charge on any atom is 0.251 e. The van der Waals surface area contributed by atoms with E-state index in [9.17, 15) is 4.79 Å².